The van der Waals surface area contributed by atoms with Crippen LogP contribution in [-0.4, -0.2) is 65.1 Å². The first-order valence-corrected chi connectivity index (χ1v) is 31.4. The van der Waals surface area contributed by atoms with E-state index in [1.165, 1.54) is 68.2 Å². The summed E-state index contributed by atoms with van der Waals surface area (Å²) >= 11 is 0. The summed E-state index contributed by atoms with van der Waals surface area (Å²) in [4.78, 5) is 36.4. The number of ether oxygens (including phenoxy) is 1. The van der Waals surface area contributed by atoms with E-state index in [0.717, 1.165) is 128 Å². The van der Waals surface area contributed by atoms with Crippen molar-refractivity contribution in [3.8, 4) is 0 Å². The molecule has 7 atom stereocenters. The van der Waals surface area contributed by atoms with E-state index in [1.54, 1.807) is 6.92 Å². The molecule has 0 aromatic rings. The minimum Gasteiger partial charge on any atom is -0.756 e. The molecule has 15 heteroatoms. The van der Waals surface area contributed by atoms with Crippen LogP contribution >= 0.6 is 15.6 Å². The molecule has 0 bridgehead atoms. The number of allylic oxidation sites excluding steroid dienone is 21. The SMILES string of the molecule is CC(=O)N[C@H]1[C@@H](OP(=O)([O-])OP(=O)([O-])OC/C=C(/C)CC/C=C(/C)CC/C=C(/C)CC/C=C(/C)CC/C=C(/C)CC/C=C(/C)CC/C=C(/C)CC/C=C(\C)CC/C=C(\C)CC/C=C(\C)CCC=C(C)C)O[C@H](CO)[C@H](O)[C@@H]1O. The largest absolute Gasteiger partial charge is 0.756 e. The normalized spacial score (nSPS) is 21.6. The van der Waals surface area contributed by atoms with E-state index in [4.69, 9.17) is 9.26 Å². The Morgan fingerprint density at radius 3 is 1.01 bits per heavy atom. The maximum atomic E-state index is 12.5. The molecule has 1 aliphatic rings. The van der Waals surface area contributed by atoms with E-state index in [9.17, 15) is 39.0 Å². The lowest BCUT2D eigenvalue weighted by Gasteiger charge is -2.43. The molecular formula is C63H103NO12P2-2. The van der Waals surface area contributed by atoms with Crippen LogP contribution in [0.5, 0.6) is 0 Å². The minimum atomic E-state index is -5.73. The number of carbonyl (C=O) groups is 1. The van der Waals surface area contributed by atoms with Crippen molar-refractivity contribution >= 4 is 21.6 Å². The minimum absolute atomic E-state index is 0.497. The summed E-state index contributed by atoms with van der Waals surface area (Å²) in [6.07, 6.45) is 39.2. The third kappa shape index (κ3) is 36.9. The lowest BCUT2D eigenvalue weighted by Crippen LogP contribution is -2.64. The molecule has 0 aliphatic carbocycles. The van der Waals surface area contributed by atoms with Crippen LogP contribution in [0.25, 0.3) is 0 Å². The first-order valence-electron chi connectivity index (χ1n) is 28.5. The molecule has 0 aromatic heterocycles. The van der Waals surface area contributed by atoms with Crippen molar-refractivity contribution in [3.63, 3.8) is 0 Å². The van der Waals surface area contributed by atoms with E-state index in [-0.39, 0.29) is 0 Å². The van der Waals surface area contributed by atoms with Gasteiger partial charge in [-0.15, -0.1) is 0 Å². The standard InChI is InChI=1S/C63H105NO12P2/c1-47(2)24-14-25-48(3)26-15-27-49(4)28-16-29-50(5)30-17-31-51(6)32-18-33-52(7)34-19-35-53(8)36-20-37-54(9)38-21-39-55(10)40-22-41-56(11)42-23-43-57(12)44-45-73-77(69,70)76-78(71,72)75-63-60(64-58(13)66)62(68)61(67)59(46-65)74-63/h24,26,28,30,32,34,36,38,40,42,44,59-63,65,67-68H,14-23,25,27,29,31,33,35,37,39,41,43,45-46H2,1-13H3,(H,64,66)(H,69,70)(H,71,72)/p-2/b48-26+,49-28+,50-30+,51-32-,52-34-,53-36-,54-38-,55-40-,56-42-,57-44-/t59-,60-,61+,62-,63-/m1/s1. The maximum Gasteiger partial charge on any atom is 0.276 e. The average Bonchev–Trinajstić information content (AvgIpc) is 3.33. The van der Waals surface area contributed by atoms with Gasteiger partial charge in [0.05, 0.1) is 13.2 Å². The molecule has 4 N–H and O–H groups in total. The van der Waals surface area contributed by atoms with Gasteiger partial charge in [0.2, 0.25) is 5.91 Å². The molecular weight excluding hydrogens is 1020 g/mol. The van der Waals surface area contributed by atoms with E-state index in [1.807, 2.05) is 0 Å². The van der Waals surface area contributed by atoms with Crippen LogP contribution in [-0.2, 0) is 32.0 Å². The Balaban J connectivity index is 2.33. The lowest BCUT2D eigenvalue weighted by molar-refractivity contribution is -0.284. The van der Waals surface area contributed by atoms with Gasteiger partial charge in [-0.2, -0.15) is 0 Å². The zero-order valence-electron chi connectivity index (χ0n) is 50.2. The van der Waals surface area contributed by atoms with Gasteiger partial charge in [-0.05, 0) is 212 Å². The number of nitrogens with one attached hydrogen (secondary N) is 1. The van der Waals surface area contributed by atoms with E-state index >= 15 is 0 Å². The number of aliphatic hydroxyl groups is 3. The second-order valence-corrected chi connectivity index (χ2v) is 24.9. The molecule has 0 aromatic carbocycles. The van der Waals surface area contributed by atoms with Crippen molar-refractivity contribution < 1.29 is 57.1 Å². The Morgan fingerprint density at radius 2 is 0.744 bits per heavy atom. The lowest BCUT2D eigenvalue weighted by atomic mass is 9.97. The predicted molar refractivity (Wildman–Crippen MR) is 318 cm³/mol. The second-order valence-electron chi connectivity index (χ2n) is 22.0. The number of aliphatic hydroxyl groups excluding tert-OH is 3. The molecule has 1 rings (SSSR count). The fourth-order valence-corrected chi connectivity index (χ4v) is 10.7. The monoisotopic (exact) mass is 1130 g/mol. The Morgan fingerprint density at radius 1 is 0.462 bits per heavy atom. The third-order valence-electron chi connectivity index (χ3n) is 13.7. The Labute approximate surface area is 472 Å². The zero-order valence-corrected chi connectivity index (χ0v) is 52.0. The van der Waals surface area contributed by atoms with Crippen LogP contribution in [0.4, 0.5) is 0 Å². The summed E-state index contributed by atoms with van der Waals surface area (Å²) in [7, 11) is -11.2. The van der Waals surface area contributed by atoms with E-state index in [2.05, 4.69) is 151 Å². The van der Waals surface area contributed by atoms with Gasteiger partial charge in [-0.3, -0.25) is 18.4 Å². The maximum absolute atomic E-state index is 12.5. The molecule has 1 fully saturated rings. The Bertz CT molecular complexity index is 2260. The average molecular weight is 1130 g/mol. The Hall–Kier alpha value is -3.29. The summed E-state index contributed by atoms with van der Waals surface area (Å²) < 4.78 is 43.5. The van der Waals surface area contributed by atoms with Gasteiger partial charge in [0.25, 0.3) is 15.6 Å². The van der Waals surface area contributed by atoms with Crippen LogP contribution in [0.3, 0.4) is 0 Å². The summed E-state index contributed by atoms with van der Waals surface area (Å²) in [6.45, 7) is 26.0. The Kier molecular flexibility index (Phi) is 38.1. The number of carbonyl (C=O) groups excluding carboxylic acids is 1. The number of rotatable bonds is 39. The molecule has 0 saturated carbocycles. The van der Waals surface area contributed by atoms with Gasteiger partial charge in [-0.1, -0.05) is 128 Å². The predicted octanol–water partition coefficient (Wildman–Crippen LogP) is 15.1. The molecule has 0 radical (unpaired) electrons. The van der Waals surface area contributed by atoms with Crippen LogP contribution < -0.4 is 15.1 Å². The van der Waals surface area contributed by atoms with E-state index in [0.29, 0.717) is 6.42 Å². The van der Waals surface area contributed by atoms with Crippen molar-refractivity contribution in [2.24, 2.45) is 0 Å². The fraction of sp³-hybridized carbons (Fsp3) is 0.635. The first kappa shape index (κ1) is 72.7. The first-order chi connectivity index (χ1) is 36.7. The second kappa shape index (κ2) is 40.8. The molecule has 0 spiro atoms. The number of hydrogen-bond acceptors (Lipinski definition) is 12. The van der Waals surface area contributed by atoms with Crippen molar-refractivity contribution in [2.75, 3.05) is 13.2 Å². The highest BCUT2D eigenvalue weighted by molar-refractivity contribution is 7.59. The van der Waals surface area contributed by atoms with Crippen molar-refractivity contribution in [3.05, 3.63) is 128 Å². The number of phosphoric acid groups is 2. The molecule has 1 heterocycles. The van der Waals surface area contributed by atoms with Gasteiger partial charge in [0, 0.05) is 6.92 Å². The summed E-state index contributed by atoms with van der Waals surface area (Å²) in [5.74, 6) is -0.740. The van der Waals surface area contributed by atoms with Gasteiger partial charge >= 0.3 is 0 Å². The van der Waals surface area contributed by atoms with Crippen molar-refractivity contribution in [1.29, 1.82) is 0 Å². The van der Waals surface area contributed by atoms with E-state index < -0.39 is 65.4 Å². The molecule has 444 valence electrons. The van der Waals surface area contributed by atoms with Crippen LogP contribution in [0.1, 0.15) is 218 Å². The van der Waals surface area contributed by atoms with Gasteiger partial charge in [-0.25, -0.2) is 4.31 Å². The van der Waals surface area contributed by atoms with Gasteiger partial charge < -0.3 is 39.7 Å². The third-order valence-corrected chi connectivity index (χ3v) is 16.3. The quantitative estimate of drug-likeness (QED) is 0.0335. The molecule has 1 saturated heterocycles. The summed E-state index contributed by atoms with van der Waals surface area (Å²) in [6, 6.07) is -1.64. The van der Waals surface area contributed by atoms with Gasteiger partial charge in [0.15, 0.2) is 6.29 Å². The molecule has 1 aliphatic heterocycles. The highest BCUT2D eigenvalue weighted by Gasteiger charge is 2.47. The zero-order chi connectivity index (χ0) is 58.7. The fourth-order valence-electron chi connectivity index (χ4n) is 8.65. The molecule has 13 nitrogen and oxygen atoms in total. The number of hydrogen-bond donors (Lipinski definition) is 4. The molecule has 1 amide bonds. The van der Waals surface area contributed by atoms with Crippen molar-refractivity contribution in [2.45, 2.75) is 249 Å². The molecule has 78 heavy (non-hydrogen) atoms. The molecule has 2 unspecified atom stereocenters. The number of amides is 1. The summed E-state index contributed by atoms with van der Waals surface area (Å²) in [5, 5.41) is 32.0. The van der Waals surface area contributed by atoms with Gasteiger partial charge in [0.1, 0.15) is 24.4 Å². The van der Waals surface area contributed by atoms with Crippen LogP contribution in [0, 0.1) is 0 Å². The number of phosphoric ester groups is 2. The highest BCUT2D eigenvalue weighted by Crippen LogP contribution is 2.56. The van der Waals surface area contributed by atoms with Crippen LogP contribution in [0.2, 0.25) is 0 Å². The van der Waals surface area contributed by atoms with Crippen molar-refractivity contribution in [1.82, 2.24) is 5.32 Å². The van der Waals surface area contributed by atoms with Crippen LogP contribution in [0.15, 0.2) is 128 Å². The summed E-state index contributed by atoms with van der Waals surface area (Å²) in [5.41, 5.74) is 15.2. The smallest absolute Gasteiger partial charge is 0.276 e. The topological polar surface area (TPSA) is 207 Å². The highest BCUT2D eigenvalue weighted by atomic mass is 31.3.